The third-order valence-corrected chi connectivity index (χ3v) is 1.99. The number of esters is 1. The summed E-state index contributed by atoms with van der Waals surface area (Å²) >= 11 is 0. The number of carbonyl (C=O) groups excluding carboxylic acids is 2. The third-order valence-electron chi connectivity index (χ3n) is 1.99. The molecule has 0 aromatic rings. The van der Waals surface area contributed by atoms with Crippen molar-refractivity contribution in [2.45, 2.75) is 19.6 Å². The van der Waals surface area contributed by atoms with Crippen LogP contribution in [0, 0.1) is 0 Å². The lowest BCUT2D eigenvalue weighted by atomic mass is 10.1. The second-order valence-electron chi connectivity index (χ2n) is 2.87. The lowest BCUT2D eigenvalue weighted by Gasteiger charge is -2.32. The highest BCUT2D eigenvalue weighted by molar-refractivity contribution is 6.12. The van der Waals surface area contributed by atoms with E-state index in [1.807, 2.05) is 0 Å². The van der Waals surface area contributed by atoms with Gasteiger partial charge < -0.3 is 9.47 Å². The second kappa shape index (κ2) is 4.26. The molecule has 2 N–H and O–H groups in total. The molecule has 84 valence electrons. The van der Waals surface area contributed by atoms with E-state index in [0.717, 1.165) is 0 Å². The number of ether oxygens (including phenoxy) is 2. The largest absolute Gasteiger partial charge is 0.462 e. The topological polar surface area (TPSA) is 89.0 Å². The van der Waals surface area contributed by atoms with Crippen LogP contribution < -0.4 is 10.7 Å². The van der Waals surface area contributed by atoms with Crippen LogP contribution in [0.1, 0.15) is 13.8 Å². The molecule has 1 rings (SSSR count). The van der Waals surface area contributed by atoms with Gasteiger partial charge in [0.15, 0.2) is 0 Å². The van der Waals surface area contributed by atoms with Crippen molar-refractivity contribution < 1.29 is 19.1 Å². The fourth-order valence-corrected chi connectivity index (χ4v) is 1.21. The smallest absolute Gasteiger partial charge is 0.366 e. The van der Waals surface area contributed by atoms with E-state index in [1.54, 1.807) is 13.8 Å². The first-order valence-corrected chi connectivity index (χ1v) is 4.42. The number of nitrogens with zero attached hydrogens (tertiary/aromatic N) is 1. The number of carbonyl (C=O) groups is 2. The maximum Gasteiger partial charge on any atom is 0.366 e. The quantitative estimate of drug-likeness (QED) is 0.626. The van der Waals surface area contributed by atoms with Crippen LogP contribution in [0.25, 0.3) is 0 Å². The minimum atomic E-state index is -1.61. The number of methoxy groups -OCH3 is 1. The van der Waals surface area contributed by atoms with Gasteiger partial charge in [0.05, 0.1) is 12.3 Å². The molecule has 15 heavy (non-hydrogen) atoms. The maximum absolute atomic E-state index is 11.6. The lowest BCUT2D eigenvalue weighted by Crippen LogP contribution is -2.65. The number of nitrogens with one attached hydrogen (secondary N) is 2. The molecule has 1 atom stereocenters. The molecule has 0 aromatic heterocycles. The molecule has 1 aliphatic heterocycles. The monoisotopic (exact) mass is 215 g/mol. The summed E-state index contributed by atoms with van der Waals surface area (Å²) in [6.07, 6.45) is 0. The van der Waals surface area contributed by atoms with Gasteiger partial charge in [-0.3, -0.25) is 5.32 Å². The number of hydrogen-bond donors (Lipinski definition) is 2. The van der Waals surface area contributed by atoms with E-state index in [4.69, 9.17) is 9.47 Å². The maximum atomic E-state index is 11.6. The summed E-state index contributed by atoms with van der Waals surface area (Å²) in [5.41, 5.74) is 0.836. The molecule has 1 unspecified atom stereocenters. The Labute approximate surface area is 86.8 Å². The van der Waals surface area contributed by atoms with Gasteiger partial charge >= 0.3 is 12.0 Å². The zero-order chi connectivity index (χ0) is 11.5. The van der Waals surface area contributed by atoms with Crippen LogP contribution in [0.2, 0.25) is 0 Å². The summed E-state index contributed by atoms with van der Waals surface area (Å²) in [5.74, 6) is -0.691. The molecular formula is C8H13N3O4. The number of rotatable bonds is 3. The molecule has 0 aromatic carbocycles. The Bertz CT molecular complexity index is 315. The summed E-state index contributed by atoms with van der Waals surface area (Å²) in [6.45, 7) is 3.41. The predicted octanol–water partition coefficient (Wildman–Crippen LogP) is -0.419. The van der Waals surface area contributed by atoms with Crippen LogP contribution in [0.5, 0.6) is 0 Å². The number of urea groups is 1. The normalized spacial score (nSPS) is 25.0. The molecule has 2 amide bonds. The van der Waals surface area contributed by atoms with E-state index in [9.17, 15) is 9.59 Å². The standard InChI is InChI=1S/C8H13N3O4/c1-4-15-6(12)8(14-3)5(2)10-11-7(13)9-8/h4H2,1-3H3,(H2,9,11,13). The Morgan fingerprint density at radius 3 is 2.80 bits per heavy atom. The van der Waals surface area contributed by atoms with Crippen molar-refractivity contribution in [3.8, 4) is 0 Å². The van der Waals surface area contributed by atoms with Crippen LogP contribution in [-0.4, -0.2) is 37.2 Å². The molecule has 0 saturated heterocycles. The van der Waals surface area contributed by atoms with E-state index in [0.29, 0.717) is 0 Å². The lowest BCUT2D eigenvalue weighted by molar-refractivity contribution is -0.162. The summed E-state index contributed by atoms with van der Waals surface area (Å²) < 4.78 is 9.81. The van der Waals surface area contributed by atoms with Gasteiger partial charge in [0.1, 0.15) is 0 Å². The van der Waals surface area contributed by atoms with Crippen LogP contribution in [-0.2, 0) is 14.3 Å². The van der Waals surface area contributed by atoms with Gasteiger partial charge in [-0.15, -0.1) is 0 Å². The van der Waals surface area contributed by atoms with Crippen molar-refractivity contribution in [3.05, 3.63) is 0 Å². The minimum absolute atomic E-state index is 0.195. The van der Waals surface area contributed by atoms with E-state index >= 15 is 0 Å². The van der Waals surface area contributed by atoms with E-state index < -0.39 is 17.7 Å². The molecule has 0 aliphatic carbocycles. The van der Waals surface area contributed by atoms with E-state index in [-0.39, 0.29) is 12.3 Å². The Morgan fingerprint density at radius 1 is 1.60 bits per heavy atom. The Hall–Kier alpha value is -1.63. The zero-order valence-electron chi connectivity index (χ0n) is 8.79. The molecule has 7 nitrogen and oxygen atoms in total. The van der Waals surface area contributed by atoms with Gasteiger partial charge in [0, 0.05) is 7.11 Å². The van der Waals surface area contributed by atoms with Crippen LogP contribution >= 0.6 is 0 Å². The summed E-state index contributed by atoms with van der Waals surface area (Å²) in [7, 11) is 1.29. The van der Waals surface area contributed by atoms with Gasteiger partial charge in [-0.2, -0.15) is 5.10 Å². The van der Waals surface area contributed by atoms with Crippen molar-refractivity contribution in [1.82, 2.24) is 10.7 Å². The Morgan fingerprint density at radius 2 is 2.27 bits per heavy atom. The van der Waals surface area contributed by atoms with Crippen LogP contribution in [0.15, 0.2) is 5.10 Å². The SMILES string of the molecule is CCOC(=O)C1(OC)NC(=O)NN=C1C. The van der Waals surface area contributed by atoms with Crippen molar-refractivity contribution >= 4 is 17.7 Å². The average molecular weight is 215 g/mol. The molecule has 1 heterocycles. The molecule has 0 spiro atoms. The average Bonchev–Trinajstić information content (AvgIpc) is 2.22. The van der Waals surface area contributed by atoms with Crippen molar-refractivity contribution in [1.29, 1.82) is 0 Å². The third kappa shape index (κ3) is 1.91. The molecule has 7 heteroatoms. The van der Waals surface area contributed by atoms with Crippen molar-refractivity contribution in [3.63, 3.8) is 0 Å². The van der Waals surface area contributed by atoms with E-state index in [1.165, 1.54) is 7.11 Å². The Kier molecular flexibility index (Phi) is 3.25. The first kappa shape index (κ1) is 11.4. The van der Waals surface area contributed by atoms with Gasteiger partial charge in [-0.1, -0.05) is 0 Å². The highest BCUT2D eigenvalue weighted by atomic mass is 16.6. The number of hydrazone groups is 1. The van der Waals surface area contributed by atoms with Gasteiger partial charge in [-0.25, -0.2) is 15.0 Å². The fourth-order valence-electron chi connectivity index (χ4n) is 1.21. The van der Waals surface area contributed by atoms with Crippen LogP contribution in [0.3, 0.4) is 0 Å². The van der Waals surface area contributed by atoms with Gasteiger partial charge in [0.25, 0.3) is 5.72 Å². The van der Waals surface area contributed by atoms with Crippen molar-refractivity contribution in [2.24, 2.45) is 5.10 Å². The fraction of sp³-hybridized carbons (Fsp3) is 0.625. The van der Waals surface area contributed by atoms with Crippen molar-refractivity contribution in [2.75, 3.05) is 13.7 Å². The second-order valence-corrected chi connectivity index (χ2v) is 2.87. The molecule has 0 saturated carbocycles. The summed E-state index contributed by atoms with van der Waals surface area (Å²) in [4.78, 5) is 22.7. The Balaban J connectivity index is 3.01. The molecular weight excluding hydrogens is 202 g/mol. The molecule has 1 aliphatic rings. The first-order chi connectivity index (χ1) is 7.06. The van der Waals surface area contributed by atoms with Crippen LogP contribution in [0.4, 0.5) is 4.79 Å². The highest BCUT2D eigenvalue weighted by Crippen LogP contribution is 2.14. The summed E-state index contributed by atoms with van der Waals surface area (Å²) in [6, 6.07) is -0.615. The molecule has 0 fully saturated rings. The summed E-state index contributed by atoms with van der Waals surface area (Å²) in [5, 5.41) is 6.00. The zero-order valence-corrected chi connectivity index (χ0v) is 8.79. The predicted molar refractivity (Wildman–Crippen MR) is 51.1 cm³/mol. The van der Waals surface area contributed by atoms with E-state index in [2.05, 4.69) is 15.8 Å². The van der Waals surface area contributed by atoms with Gasteiger partial charge in [-0.05, 0) is 13.8 Å². The molecule has 0 bridgehead atoms. The number of hydrogen-bond acceptors (Lipinski definition) is 5. The highest BCUT2D eigenvalue weighted by Gasteiger charge is 2.47. The number of amides is 2. The molecule has 0 radical (unpaired) electrons. The van der Waals surface area contributed by atoms with Gasteiger partial charge in [0.2, 0.25) is 0 Å². The minimum Gasteiger partial charge on any atom is -0.462 e. The first-order valence-electron chi connectivity index (χ1n) is 4.42.